The number of nitrogens with two attached hydrogens (primary N) is 1. The van der Waals surface area contributed by atoms with E-state index < -0.39 is 0 Å². The molecule has 2 aromatic rings. The fourth-order valence-corrected chi connectivity index (χ4v) is 3.21. The number of nitrogens with one attached hydrogen (secondary N) is 2. The Morgan fingerprint density at radius 2 is 2.04 bits per heavy atom. The summed E-state index contributed by atoms with van der Waals surface area (Å²) < 4.78 is 0.999. The fourth-order valence-electron chi connectivity index (χ4n) is 2.81. The number of aromatic nitrogens is 2. The molecule has 1 aliphatic carbocycles. The van der Waals surface area contributed by atoms with E-state index in [9.17, 15) is 0 Å². The highest BCUT2D eigenvalue weighted by Gasteiger charge is 2.09. The van der Waals surface area contributed by atoms with E-state index in [1.165, 1.54) is 37.6 Å². The van der Waals surface area contributed by atoms with E-state index in [0.717, 1.165) is 23.1 Å². The summed E-state index contributed by atoms with van der Waals surface area (Å²) in [6.07, 6.45) is 10.00. The lowest BCUT2D eigenvalue weighted by molar-refractivity contribution is 0.679. The highest BCUT2D eigenvalue weighted by Crippen LogP contribution is 2.27. The maximum absolute atomic E-state index is 6.21. The molecule has 0 bridgehead atoms. The SMILES string of the molecule is Nc1c(NCCC2=CCCCC2)ncnc1Nc1cccc(Br)c1. The van der Waals surface area contributed by atoms with Crippen molar-refractivity contribution in [1.82, 2.24) is 9.97 Å². The summed E-state index contributed by atoms with van der Waals surface area (Å²) in [7, 11) is 0. The summed E-state index contributed by atoms with van der Waals surface area (Å²) in [5.41, 5.74) is 9.21. The summed E-state index contributed by atoms with van der Waals surface area (Å²) in [4.78, 5) is 8.51. The van der Waals surface area contributed by atoms with Gasteiger partial charge in [-0.2, -0.15) is 0 Å². The predicted octanol–water partition coefficient (Wildman–Crippen LogP) is 4.87. The molecule has 126 valence electrons. The van der Waals surface area contributed by atoms with Crippen molar-refractivity contribution in [1.29, 1.82) is 0 Å². The molecular formula is C18H22BrN5. The number of rotatable bonds is 6. The maximum Gasteiger partial charge on any atom is 0.159 e. The van der Waals surface area contributed by atoms with Crippen molar-refractivity contribution in [3.63, 3.8) is 0 Å². The number of nitrogens with zero attached hydrogens (tertiary/aromatic N) is 2. The lowest BCUT2D eigenvalue weighted by atomic mass is 9.97. The number of hydrogen-bond donors (Lipinski definition) is 3. The molecule has 1 aromatic heterocycles. The lowest BCUT2D eigenvalue weighted by Gasteiger charge is -2.15. The van der Waals surface area contributed by atoms with Gasteiger partial charge in [0.1, 0.15) is 12.0 Å². The van der Waals surface area contributed by atoms with Crippen LogP contribution in [0.3, 0.4) is 0 Å². The molecule has 0 spiro atoms. The van der Waals surface area contributed by atoms with Crippen molar-refractivity contribution in [3.05, 3.63) is 46.7 Å². The Bertz CT molecular complexity index is 729. The molecule has 1 heterocycles. The van der Waals surface area contributed by atoms with E-state index in [-0.39, 0.29) is 0 Å². The third-order valence-corrected chi connectivity index (χ3v) is 4.59. The van der Waals surface area contributed by atoms with Gasteiger partial charge in [-0.05, 0) is 50.3 Å². The summed E-state index contributed by atoms with van der Waals surface area (Å²) in [6, 6.07) is 7.88. The zero-order valence-electron chi connectivity index (χ0n) is 13.6. The summed E-state index contributed by atoms with van der Waals surface area (Å²) in [6.45, 7) is 0.837. The molecule has 24 heavy (non-hydrogen) atoms. The first kappa shape index (κ1) is 16.8. The predicted molar refractivity (Wildman–Crippen MR) is 104 cm³/mol. The molecule has 3 rings (SSSR count). The third-order valence-electron chi connectivity index (χ3n) is 4.09. The molecule has 1 aromatic carbocycles. The summed E-state index contributed by atoms with van der Waals surface area (Å²) in [5, 5.41) is 6.57. The van der Waals surface area contributed by atoms with Crippen LogP contribution in [0, 0.1) is 0 Å². The minimum atomic E-state index is 0.537. The van der Waals surface area contributed by atoms with Gasteiger partial charge in [-0.15, -0.1) is 0 Å². The molecule has 0 radical (unpaired) electrons. The quantitative estimate of drug-likeness (QED) is 0.616. The molecule has 0 amide bonds. The molecule has 0 fully saturated rings. The van der Waals surface area contributed by atoms with Crippen molar-refractivity contribution < 1.29 is 0 Å². The van der Waals surface area contributed by atoms with E-state index in [1.54, 1.807) is 0 Å². The van der Waals surface area contributed by atoms with Crippen LogP contribution < -0.4 is 16.4 Å². The minimum absolute atomic E-state index is 0.537. The van der Waals surface area contributed by atoms with Gasteiger partial charge in [0.05, 0.1) is 0 Å². The van der Waals surface area contributed by atoms with Crippen LogP contribution in [0.2, 0.25) is 0 Å². The first-order valence-electron chi connectivity index (χ1n) is 8.27. The minimum Gasteiger partial charge on any atom is -0.393 e. The molecule has 0 saturated heterocycles. The lowest BCUT2D eigenvalue weighted by Crippen LogP contribution is -2.10. The van der Waals surface area contributed by atoms with E-state index in [4.69, 9.17) is 5.73 Å². The van der Waals surface area contributed by atoms with Gasteiger partial charge in [0, 0.05) is 16.7 Å². The van der Waals surface area contributed by atoms with Gasteiger partial charge < -0.3 is 16.4 Å². The normalized spacial score (nSPS) is 14.1. The fraction of sp³-hybridized carbons (Fsp3) is 0.333. The van der Waals surface area contributed by atoms with Gasteiger partial charge in [0.25, 0.3) is 0 Å². The molecule has 0 unspecified atom stereocenters. The first-order chi connectivity index (χ1) is 11.7. The van der Waals surface area contributed by atoms with E-state index in [1.807, 2.05) is 24.3 Å². The molecule has 1 aliphatic rings. The molecule has 0 atom stereocenters. The van der Waals surface area contributed by atoms with E-state index in [0.29, 0.717) is 17.3 Å². The average molecular weight is 388 g/mol. The highest BCUT2D eigenvalue weighted by atomic mass is 79.9. The standard InChI is InChI=1S/C18H22BrN5/c19-14-7-4-8-15(11-14)24-18-16(20)17(22-12-23-18)21-10-9-13-5-2-1-3-6-13/h4-5,7-8,11-12H,1-3,6,9-10,20H2,(H2,21,22,23,24). The topological polar surface area (TPSA) is 75.9 Å². The van der Waals surface area contributed by atoms with Gasteiger partial charge in [-0.25, -0.2) is 9.97 Å². The van der Waals surface area contributed by atoms with E-state index in [2.05, 4.69) is 42.6 Å². The van der Waals surface area contributed by atoms with Crippen molar-refractivity contribution in [2.45, 2.75) is 32.1 Å². The monoisotopic (exact) mass is 387 g/mol. The van der Waals surface area contributed by atoms with Crippen molar-refractivity contribution in [2.75, 3.05) is 22.9 Å². The number of benzene rings is 1. The smallest absolute Gasteiger partial charge is 0.159 e. The summed E-state index contributed by atoms with van der Waals surface area (Å²) >= 11 is 3.46. The summed E-state index contributed by atoms with van der Waals surface area (Å²) in [5.74, 6) is 1.29. The highest BCUT2D eigenvalue weighted by molar-refractivity contribution is 9.10. The van der Waals surface area contributed by atoms with Crippen molar-refractivity contribution in [2.24, 2.45) is 0 Å². The Balaban J connectivity index is 1.63. The largest absolute Gasteiger partial charge is 0.393 e. The Morgan fingerprint density at radius 3 is 2.83 bits per heavy atom. The van der Waals surface area contributed by atoms with Crippen LogP contribution in [-0.2, 0) is 0 Å². The third kappa shape index (κ3) is 4.47. The zero-order chi connectivity index (χ0) is 16.8. The Labute approximate surface area is 150 Å². The number of nitrogen functional groups attached to an aromatic ring is 1. The second-order valence-corrected chi connectivity index (χ2v) is 6.82. The van der Waals surface area contributed by atoms with Crippen LogP contribution in [0.25, 0.3) is 0 Å². The number of hydrogen-bond acceptors (Lipinski definition) is 5. The molecule has 0 aliphatic heterocycles. The molecule has 5 nitrogen and oxygen atoms in total. The second-order valence-electron chi connectivity index (χ2n) is 5.90. The van der Waals surface area contributed by atoms with Crippen molar-refractivity contribution in [3.8, 4) is 0 Å². The number of halogens is 1. The van der Waals surface area contributed by atoms with Gasteiger partial charge in [-0.3, -0.25) is 0 Å². The van der Waals surface area contributed by atoms with Crippen LogP contribution >= 0.6 is 15.9 Å². The Hall–Kier alpha value is -2.08. The van der Waals surface area contributed by atoms with E-state index >= 15 is 0 Å². The Morgan fingerprint density at radius 1 is 1.17 bits per heavy atom. The van der Waals surface area contributed by atoms with Crippen LogP contribution in [0.15, 0.2) is 46.7 Å². The maximum atomic E-state index is 6.21. The van der Waals surface area contributed by atoms with Crippen molar-refractivity contribution >= 4 is 38.9 Å². The van der Waals surface area contributed by atoms with Gasteiger partial charge in [-0.1, -0.05) is 33.6 Å². The molecule has 0 saturated carbocycles. The zero-order valence-corrected chi connectivity index (χ0v) is 15.1. The van der Waals surface area contributed by atoms with Crippen LogP contribution in [0.5, 0.6) is 0 Å². The van der Waals surface area contributed by atoms with Crippen LogP contribution in [0.4, 0.5) is 23.0 Å². The molecular weight excluding hydrogens is 366 g/mol. The molecule has 4 N–H and O–H groups in total. The van der Waals surface area contributed by atoms with Gasteiger partial charge in [0.2, 0.25) is 0 Å². The first-order valence-corrected chi connectivity index (χ1v) is 9.06. The molecule has 6 heteroatoms. The van der Waals surface area contributed by atoms with Crippen LogP contribution in [0.1, 0.15) is 32.1 Å². The van der Waals surface area contributed by atoms with Gasteiger partial charge in [0.15, 0.2) is 11.6 Å². The number of allylic oxidation sites excluding steroid dienone is 1. The van der Waals surface area contributed by atoms with Gasteiger partial charge >= 0.3 is 0 Å². The Kier molecular flexibility index (Phi) is 5.69. The van der Waals surface area contributed by atoms with Crippen LogP contribution in [-0.4, -0.2) is 16.5 Å². The average Bonchev–Trinajstić information content (AvgIpc) is 2.59. The second kappa shape index (κ2) is 8.15. The number of anilines is 4.